The third-order valence-corrected chi connectivity index (χ3v) is 4.16. The molecule has 120 valence electrons. The highest BCUT2D eigenvalue weighted by molar-refractivity contribution is 7.13. The number of likely N-dealkylation sites (N-methyl/N-ethyl adjacent to an activating group) is 1. The third kappa shape index (κ3) is 3.57. The number of carbonyl (C=O) groups is 1. The second-order valence-corrected chi connectivity index (χ2v) is 6.15. The summed E-state index contributed by atoms with van der Waals surface area (Å²) in [5, 5.41) is 11.9. The molecule has 0 atom stereocenters. The summed E-state index contributed by atoms with van der Waals surface area (Å²) in [5.74, 6) is 0.873. The minimum Gasteiger partial charge on any atom is -0.461 e. The van der Waals surface area contributed by atoms with Gasteiger partial charge in [0.25, 0.3) is 0 Å². The van der Waals surface area contributed by atoms with Crippen LogP contribution in [0.4, 0.5) is 5.13 Å². The van der Waals surface area contributed by atoms with E-state index in [9.17, 15) is 4.79 Å². The molecule has 0 aliphatic rings. The SMILES string of the molecule is CCc1oc2ccccc2c1CN(C)CC(=O)Nc1nncs1. The van der Waals surface area contributed by atoms with Gasteiger partial charge in [0.05, 0.1) is 6.54 Å². The molecule has 7 heteroatoms. The van der Waals surface area contributed by atoms with Crippen LogP contribution in [0.3, 0.4) is 0 Å². The number of hydrogen-bond donors (Lipinski definition) is 1. The highest BCUT2D eigenvalue weighted by atomic mass is 32.1. The topological polar surface area (TPSA) is 71.3 Å². The Kier molecular flexibility index (Phi) is 4.68. The Morgan fingerprint density at radius 1 is 1.39 bits per heavy atom. The minimum atomic E-state index is -0.102. The first-order valence-electron chi connectivity index (χ1n) is 7.41. The van der Waals surface area contributed by atoms with Crippen LogP contribution in [0.1, 0.15) is 18.2 Å². The molecule has 3 aromatic rings. The Balaban J connectivity index is 1.70. The van der Waals surface area contributed by atoms with Gasteiger partial charge >= 0.3 is 0 Å². The summed E-state index contributed by atoms with van der Waals surface area (Å²) in [6.45, 7) is 3.01. The van der Waals surface area contributed by atoms with Crippen LogP contribution in [0.2, 0.25) is 0 Å². The maximum absolute atomic E-state index is 12.0. The molecule has 2 heterocycles. The average Bonchev–Trinajstić information content (AvgIpc) is 3.15. The molecule has 1 aromatic carbocycles. The van der Waals surface area contributed by atoms with Crippen LogP contribution in [-0.2, 0) is 17.8 Å². The van der Waals surface area contributed by atoms with Crippen LogP contribution in [0.25, 0.3) is 11.0 Å². The number of amides is 1. The molecule has 1 N–H and O–H groups in total. The van der Waals surface area contributed by atoms with Crippen LogP contribution in [0.15, 0.2) is 34.2 Å². The van der Waals surface area contributed by atoms with E-state index in [0.29, 0.717) is 11.7 Å². The molecule has 3 rings (SSSR count). The molecule has 0 aliphatic heterocycles. The molecule has 6 nitrogen and oxygen atoms in total. The second-order valence-electron chi connectivity index (χ2n) is 5.32. The summed E-state index contributed by atoms with van der Waals surface area (Å²) in [7, 11) is 1.92. The molecular formula is C16H18N4O2S. The zero-order valence-electron chi connectivity index (χ0n) is 13.1. The van der Waals surface area contributed by atoms with Gasteiger partial charge in [-0.25, -0.2) is 0 Å². The van der Waals surface area contributed by atoms with E-state index in [1.165, 1.54) is 11.3 Å². The van der Waals surface area contributed by atoms with Gasteiger partial charge in [-0.15, -0.1) is 10.2 Å². The average molecular weight is 330 g/mol. The lowest BCUT2D eigenvalue weighted by Gasteiger charge is -2.15. The van der Waals surface area contributed by atoms with Crippen LogP contribution in [0, 0.1) is 0 Å². The Bertz CT molecular complexity index is 798. The van der Waals surface area contributed by atoms with Crippen molar-refractivity contribution >= 4 is 33.3 Å². The number of rotatable bonds is 6. The molecule has 1 amide bonds. The van der Waals surface area contributed by atoms with Gasteiger partial charge in [0.2, 0.25) is 11.0 Å². The fourth-order valence-corrected chi connectivity index (χ4v) is 3.03. The first kappa shape index (κ1) is 15.6. The first-order chi connectivity index (χ1) is 11.2. The quantitative estimate of drug-likeness (QED) is 0.752. The van der Waals surface area contributed by atoms with Crippen LogP contribution in [-0.4, -0.2) is 34.6 Å². The van der Waals surface area contributed by atoms with Crippen LogP contribution < -0.4 is 5.32 Å². The Labute approximate surface area is 138 Å². The number of benzene rings is 1. The lowest BCUT2D eigenvalue weighted by molar-refractivity contribution is -0.117. The van der Waals surface area contributed by atoms with Gasteiger partial charge in [0, 0.05) is 23.9 Å². The van der Waals surface area contributed by atoms with Crippen molar-refractivity contribution in [3.05, 3.63) is 41.1 Å². The molecule has 0 spiro atoms. The van der Waals surface area contributed by atoms with Crippen molar-refractivity contribution in [1.29, 1.82) is 0 Å². The Morgan fingerprint density at radius 3 is 2.96 bits per heavy atom. The zero-order valence-corrected chi connectivity index (χ0v) is 13.9. The zero-order chi connectivity index (χ0) is 16.2. The van der Waals surface area contributed by atoms with Gasteiger partial charge in [0.15, 0.2) is 0 Å². The maximum atomic E-state index is 12.0. The van der Waals surface area contributed by atoms with Gasteiger partial charge in [-0.1, -0.05) is 36.5 Å². The van der Waals surface area contributed by atoms with Gasteiger partial charge < -0.3 is 4.42 Å². The van der Waals surface area contributed by atoms with E-state index in [0.717, 1.165) is 28.7 Å². The fraction of sp³-hybridized carbons (Fsp3) is 0.312. The number of hydrogen-bond acceptors (Lipinski definition) is 6. The predicted octanol–water partition coefficient (Wildman–Crippen LogP) is 2.92. The van der Waals surface area contributed by atoms with E-state index in [2.05, 4.69) is 28.5 Å². The molecule has 0 fully saturated rings. The monoisotopic (exact) mass is 330 g/mol. The van der Waals surface area contributed by atoms with E-state index in [1.807, 2.05) is 30.1 Å². The highest BCUT2D eigenvalue weighted by Crippen LogP contribution is 2.27. The van der Waals surface area contributed by atoms with Crippen molar-refractivity contribution in [3.63, 3.8) is 0 Å². The third-order valence-electron chi connectivity index (χ3n) is 3.55. The molecule has 0 saturated carbocycles. The molecule has 0 unspecified atom stereocenters. The number of furan rings is 1. The summed E-state index contributed by atoms with van der Waals surface area (Å²) in [6.07, 6.45) is 0.828. The molecule has 0 saturated heterocycles. The number of anilines is 1. The van der Waals surface area contributed by atoms with Gasteiger partial charge in [-0.2, -0.15) is 0 Å². The first-order valence-corrected chi connectivity index (χ1v) is 8.29. The molecule has 2 aromatic heterocycles. The standard InChI is InChI=1S/C16H18N4O2S/c1-3-13-12(11-6-4-5-7-14(11)22-13)8-20(2)9-15(21)18-16-19-17-10-23-16/h4-7,10H,3,8-9H2,1-2H3,(H,18,19,21). The number of fused-ring (bicyclic) bond motifs is 1. The van der Waals surface area contributed by atoms with Gasteiger partial charge in [0.1, 0.15) is 16.9 Å². The van der Waals surface area contributed by atoms with Crippen LogP contribution in [0.5, 0.6) is 0 Å². The van der Waals surface area contributed by atoms with Gasteiger partial charge in [-0.3, -0.25) is 15.0 Å². The van der Waals surface area contributed by atoms with E-state index in [4.69, 9.17) is 4.42 Å². The summed E-state index contributed by atoms with van der Waals surface area (Å²) in [4.78, 5) is 14.0. The Morgan fingerprint density at radius 2 is 2.22 bits per heavy atom. The fourth-order valence-electron chi connectivity index (χ4n) is 2.57. The largest absolute Gasteiger partial charge is 0.461 e. The highest BCUT2D eigenvalue weighted by Gasteiger charge is 2.16. The van der Waals surface area contributed by atoms with E-state index < -0.39 is 0 Å². The predicted molar refractivity (Wildman–Crippen MR) is 90.5 cm³/mol. The maximum Gasteiger partial charge on any atom is 0.240 e. The van der Waals surface area contributed by atoms with Crippen molar-refractivity contribution in [2.45, 2.75) is 19.9 Å². The lowest BCUT2D eigenvalue weighted by Crippen LogP contribution is -2.30. The summed E-state index contributed by atoms with van der Waals surface area (Å²) < 4.78 is 5.90. The minimum absolute atomic E-state index is 0.102. The van der Waals surface area contributed by atoms with Crippen molar-refractivity contribution in [2.75, 3.05) is 18.9 Å². The molecular weight excluding hydrogens is 312 g/mol. The molecule has 0 aliphatic carbocycles. The van der Waals surface area contributed by atoms with Crippen molar-refractivity contribution in [2.24, 2.45) is 0 Å². The number of nitrogens with zero attached hydrogens (tertiary/aromatic N) is 3. The van der Waals surface area contributed by atoms with Crippen molar-refractivity contribution in [1.82, 2.24) is 15.1 Å². The Hall–Kier alpha value is -2.25. The summed E-state index contributed by atoms with van der Waals surface area (Å²) in [5.41, 5.74) is 3.63. The smallest absolute Gasteiger partial charge is 0.240 e. The van der Waals surface area contributed by atoms with E-state index in [-0.39, 0.29) is 12.5 Å². The molecule has 23 heavy (non-hydrogen) atoms. The normalized spacial score (nSPS) is 11.3. The van der Waals surface area contributed by atoms with Crippen LogP contribution >= 0.6 is 11.3 Å². The lowest BCUT2D eigenvalue weighted by atomic mass is 10.1. The number of aryl methyl sites for hydroxylation is 1. The molecule has 0 radical (unpaired) electrons. The van der Waals surface area contributed by atoms with Crippen molar-refractivity contribution < 1.29 is 9.21 Å². The summed E-state index contributed by atoms with van der Waals surface area (Å²) >= 11 is 1.30. The number of para-hydroxylation sites is 1. The molecule has 0 bridgehead atoms. The van der Waals surface area contributed by atoms with E-state index >= 15 is 0 Å². The summed E-state index contributed by atoms with van der Waals surface area (Å²) in [6, 6.07) is 8.00. The number of carbonyl (C=O) groups excluding carboxylic acids is 1. The van der Waals surface area contributed by atoms with Gasteiger partial charge in [-0.05, 0) is 13.1 Å². The number of aromatic nitrogens is 2. The second kappa shape index (κ2) is 6.89. The number of nitrogens with one attached hydrogen (secondary N) is 1. The van der Waals surface area contributed by atoms with E-state index in [1.54, 1.807) is 5.51 Å². The van der Waals surface area contributed by atoms with Crippen molar-refractivity contribution in [3.8, 4) is 0 Å².